The van der Waals surface area contributed by atoms with Crippen molar-refractivity contribution in [3.63, 3.8) is 0 Å². The van der Waals surface area contributed by atoms with Crippen molar-refractivity contribution in [3.8, 4) is 5.88 Å². The lowest BCUT2D eigenvalue weighted by molar-refractivity contribution is -0.276. The summed E-state index contributed by atoms with van der Waals surface area (Å²) < 4.78 is 44.8. The number of hydrogen-bond acceptors (Lipinski definition) is 4. The number of nitrogens with zero attached hydrogens (tertiary/aromatic N) is 1. The fraction of sp³-hybridized carbons (Fsp3) is 0.333. The monoisotopic (exact) mass is 439 g/mol. The predicted octanol–water partition coefficient (Wildman–Crippen LogP) is 3.27. The Labute approximate surface area is 122 Å². The molecule has 0 amide bonds. The molecule has 1 rings (SSSR count). The van der Waals surface area contributed by atoms with Crippen molar-refractivity contribution in [3.05, 3.63) is 20.9 Å². The first-order chi connectivity index (χ1) is 8.28. The molecule has 0 unspecified atom stereocenters. The number of rotatable bonds is 3. The van der Waals surface area contributed by atoms with Crippen LogP contribution < -0.4 is 4.74 Å². The number of pyridine rings is 1. The molecule has 0 aliphatic rings. The Hall–Kier alpha value is -0.580. The molecule has 100 valence electrons. The van der Waals surface area contributed by atoms with Gasteiger partial charge >= 0.3 is 12.3 Å². The van der Waals surface area contributed by atoms with E-state index in [-0.39, 0.29) is 20.2 Å². The number of carbonyl (C=O) groups is 1. The van der Waals surface area contributed by atoms with Gasteiger partial charge in [0.1, 0.15) is 3.70 Å². The van der Waals surface area contributed by atoms with Gasteiger partial charge in [0.15, 0.2) is 0 Å². The molecule has 18 heavy (non-hydrogen) atoms. The number of ether oxygens (including phenoxy) is 2. The molecule has 4 nitrogen and oxygen atoms in total. The third kappa shape index (κ3) is 3.97. The second-order valence-electron chi connectivity index (χ2n) is 2.96. The molecule has 1 aromatic rings. The molecule has 0 saturated heterocycles. The molecular formula is C9H6BrF3INO3. The van der Waals surface area contributed by atoms with Gasteiger partial charge < -0.3 is 9.47 Å². The molecule has 0 radical (unpaired) electrons. The molecule has 1 heterocycles. The number of halogens is 5. The summed E-state index contributed by atoms with van der Waals surface area (Å²) in [5.74, 6) is -1.26. The van der Waals surface area contributed by atoms with Crippen molar-refractivity contribution in [2.75, 3.05) is 7.11 Å². The van der Waals surface area contributed by atoms with Crippen molar-refractivity contribution >= 4 is 44.5 Å². The first-order valence-corrected chi connectivity index (χ1v) is 6.58. The lowest BCUT2D eigenvalue weighted by Crippen LogP contribution is -2.20. The van der Waals surface area contributed by atoms with Gasteiger partial charge in [0.2, 0.25) is 5.88 Å². The second kappa shape index (κ2) is 6.04. The van der Waals surface area contributed by atoms with Gasteiger partial charge in [-0.15, -0.1) is 13.2 Å². The van der Waals surface area contributed by atoms with Crippen LogP contribution in [0.4, 0.5) is 13.2 Å². The smallest absolute Gasteiger partial charge is 0.465 e. The van der Waals surface area contributed by atoms with Crippen LogP contribution in [0.15, 0.2) is 6.07 Å². The average molecular weight is 440 g/mol. The molecule has 0 bridgehead atoms. The Bertz CT molecular complexity index is 467. The van der Waals surface area contributed by atoms with Crippen LogP contribution in [0, 0.1) is 3.70 Å². The zero-order chi connectivity index (χ0) is 13.9. The van der Waals surface area contributed by atoms with Crippen LogP contribution in [0.5, 0.6) is 5.88 Å². The molecule has 0 N–H and O–H groups in total. The van der Waals surface area contributed by atoms with Crippen LogP contribution in [-0.2, 0) is 10.1 Å². The third-order valence-corrected chi connectivity index (χ3v) is 3.20. The van der Waals surface area contributed by atoms with Crippen LogP contribution in [0.2, 0.25) is 0 Å². The lowest BCUT2D eigenvalue weighted by atomic mass is 10.2. The lowest BCUT2D eigenvalue weighted by Gasteiger charge is -2.12. The summed E-state index contributed by atoms with van der Waals surface area (Å²) >= 11 is 4.64. The van der Waals surface area contributed by atoms with E-state index in [1.165, 1.54) is 13.2 Å². The van der Waals surface area contributed by atoms with E-state index < -0.39 is 18.2 Å². The summed E-state index contributed by atoms with van der Waals surface area (Å²) in [6.45, 7) is 0. The van der Waals surface area contributed by atoms with E-state index in [9.17, 15) is 18.0 Å². The zero-order valence-electron chi connectivity index (χ0n) is 8.85. The van der Waals surface area contributed by atoms with Gasteiger partial charge in [-0.25, -0.2) is 9.78 Å². The second-order valence-corrected chi connectivity index (χ2v) is 4.55. The largest absolute Gasteiger partial charge is 0.574 e. The molecule has 0 atom stereocenters. The summed E-state index contributed by atoms with van der Waals surface area (Å²) in [4.78, 5) is 15.0. The zero-order valence-corrected chi connectivity index (χ0v) is 12.6. The number of hydrogen-bond donors (Lipinski definition) is 0. The Kier molecular flexibility index (Phi) is 5.20. The maximum Gasteiger partial charge on any atom is 0.574 e. The average Bonchev–Trinajstić information content (AvgIpc) is 2.26. The highest BCUT2D eigenvalue weighted by Gasteiger charge is 2.33. The summed E-state index contributed by atoms with van der Waals surface area (Å²) in [5, 5.41) is 0.0618. The van der Waals surface area contributed by atoms with Crippen LogP contribution in [0.25, 0.3) is 0 Å². The van der Waals surface area contributed by atoms with E-state index in [0.29, 0.717) is 0 Å². The normalized spacial score (nSPS) is 11.2. The number of alkyl halides is 4. The SMILES string of the molecule is COC(=O)c1cc(CBr)c(OC(F)(F)F)nc1I. The predicted molar refractivity (Wildman–Crippen MR) is 67.6 cm³/mol. The minimum atomic E-state index is -4.83. The van der Waals surface area contributed by atoms with Gasteiger partial charge in [-0.2, -0.15) is 0 Å². The molecule has 0 saturated carbocycles. The van der Waals surface area contributed by atoms with Crippen molar-refractivity contribution in [1.82, 2.24) is 4.98 Å². The van der Waals surface area contributed by atoms with Crippen LogP contribution >= 0.6 is 38.5 Å². The maximum absolute atomic E-state index is 12.1. The molecule has 0 aromatic carbocycles. The van der Waals surface area contributed by atoms with Gasteiger partial charge in [0.05, 0.1) is 12.7 Å². The van der Waals surface area contributed by atoms with Crippen LogP contribution in [0.3, 0.4) is 0 Å². The Morgan fingerprint density at radius 1 is 1.56 bits per heavy atom. The topological polar surface area (TPSA) is 48.4 Å². The summed E-state index contributed by atoms with van der Waals surface area (Å²) in [6.07, 6.45) is -4.83. The van der Waals surface area contributed by atoms with Gasteiger partial charge in [0.25, 0.3) is 0 Å². The molecule has 1 aromatic heterocycles. The van der Waals surface area contributed by atoms with Crippen LogP contribution in [-0.4, -0.2) is 24.4 Å². The Morgan fingerprint density at radius 2 is 2.17 bits per heavy atom. The number of methoxy groups -OCH3 is 1. The molecule has 0 aliphatic heterocycles. The quantitative estimate of drug-likeness (QED) is 0.314. The van der Waals surface area contributed by atoms with Crippen molar-refractivity contribution in [2.45, 2.75) is 11.7 Å². The van der Waals surface area contributed by atoms with Gasteiger partial charge in [-0.3, -0.25) is 0 Å². The number of aromatic nitrogens is 1. The van der Waals surface area contributed by atoms with E-state index in [4.69, 9.17) is 0 Å². The first kappa shape index (κ1) is 15.5. The molecular weight excluding hydrogens is 434 g/mol. The van der Waals surface area contributed by atoms with Gasteiger partial charge in [-0.1, -0.05) is 15.9 Å². The van der Waals surface area contributed by atoms with Gasteiger partial charge in [-0.05, 0) is 28.7 Å². The minimum Gasteiger partial charge on any atom is -0.465 e. The van der Waals surface area contributed by atoms with E-state index >= 15 is 0 Å². The third-order valence-electron chi connectivity index (χ3n) is 1.78. The van der Waals surface area contributed by atoms with Crippen molar-refractivity contribution in [2.24, 2.45) is 0 Å². The summed E-state index contributed by atoms with van der Waals surface area (Å²) in [7, 11) is 1.17. The molecule has 0 aliphatic carbocycles. The number of carbonyl (C=O) groups excluding carboxylic acids is 1. The molecule has 9 heteroatoms. The van der Waals surface area contributed by atoms with Crippen molar-refractivity contribution in [1.29, 1.82) is 0 Å². The Morgan fingerprint density at radius 3 is 2.61 bits per heavy atom. The standard InChI is InChI=1S/C9H6BrF3INO3/c1-17-8(16)5-2-4(3-10)7(15-6(5)14)18-9(11,12)13/h2H,3H2,1H3. The van der Waals surface area contributed by atoms with Crippen molar-refractivity contribution < 1.29 is 27.4 Å². The minimum absolute atomic E-state index is 0.0618. The summed E-state index contributed by atoms with van der Waals surface area (Å²) in [6, 6.07) is 1.25. The fourth-order valence-electron chi connectivity index (χ4n) is 1.06. The first-order valence-electron chi connectivity index (χ1n) is 4.38. The molecule has 0 fully saturated rings. The van der Waals surface area contributed by atoms with Gasteiger partial charge in [0, 0.05) is 10.9 Å². The van der Waals surface area contributed by atoms with E-state index in [1.54, 1.807) is 22.6 Å². The van der Waals surface area contributed by atoms with Crippen LogP contribution in [0.1, 0.15) is 15.9 Å². The summed E-state index contributed by atoms with van der Waals surface area (Å²) in [5.41, 5.74) is 0.190. The van der Waals surface area contributed by atoms with E-state index in [0.717, 1.165) is 0 Å². The Balaban J connectivity index is 3.23. The molecule has 0 spiro atoms. The van der Waals surface area contributed by atoms with E-state index in [2.05, 4.69) is 30.4 Å². The highest BCUT2D eigenvalue weighted by atomic mass is 127. The highest BCUT2D eigenvalue weighted by molar-refractivity contribution is 14.1. The maximum atomic E-state index is 12.1. The fourth-order valence-corrected chi connectivity index (χ4v) is 2.06. The van der Waals surface area contributed by atoms with E-state index in [1.807, 2.05) is 0 Å². The highest BCUT2D eigenvalue weighted by Crippen LogP contribution is 2.28. The number of esters is 1.